The Bertz CT molecular complexity index is 738. The quantitative estimate of drug-likeness (QED) is 0.833. The summed E-state index contributed by atoms with van der Waals surface area (Å²) in [7, 11) is 0. The number of alkyl carbamates (subject to hydrolysis) is 1. The van der Waals surface area contributed by atoms with E-state index >= 15 is 0 Å². The molecule has 0 bridgehead atoms. The average Bonchev–Trinajstić information content (AvgIpc) is 2.88. The Balaban J connectivity index is 1.70. The largest absolute Gasteiger partial charge is 0.444 e. The summed E-state index contributed by atoms with van der Waals surface area (Å²) in [5.41, 5.74) is 0.357. The van der Waals surface area contributed by atoms with Gasteiger partial charge in [0, 0.05) is 22.6 Å². The molecule has 1 saturated carbocycles. The molecule has 0 unspecified atom stereocenters. The smallest absolute Gasteiger partial charge is 0.407 e. The van der Waals surface area contributed by atoms with E-state index in [9.17, 15) is 4.79 Å². The normalized spacial score (nSPS) is 21.7. The summed E-state index contributed by atoms with van der Waals surface area (Å²) < 4.78 is 8.38. The van der Waals surface area contributed by atoms with Crippen molar-refractivity contribution in [3.63, 3.8) is 0 Å². The van der Waals surface area contributed by atoms with Gasteiger partial charge in [-0.3, -0.25) is 4.40 Å². The van der Waals surface area contributed by atoms with E-state index in [0.29, 0.717) is 0 Å². The molecule has 2 aromatic rings. The molecule has 0 aliphatic heterocycles. The highest BCUT2D eigenvalue weighted by molar-refractivity contribution is 9.10. The minimum absolute atomic E-state index is 0.112. The van der Waals surface area contributed by atoms with Crippen molar-refractivity contribution in [3.05, 3.63) is 28.6 Å². The number of ether oxygens (including phenoxy) is 1. The number of hydrogen-bond acceptors (Lipinski definition) is 4. The fraction of sp³-hybridized carbons (Fsp3) is 0.588. The molecule has 24 heavy (non-hydrogen) atoms. The lowest BCUT2D eigenvalue weighted by Gasteiger charge is -2.29. The molecular formula is C17H23BrN4O2. The van der Waals surface area contributed by atoms with Gasteiger partial charge < -0.3 is 10.1 Å². The molecule has 1 aliphatic carbocycles. The number of nitrogens with zero attached hydrogens (tertiary/aromatic N) is 3. The van der Waals surface area contributed by atoms with Gasteiger partial charge in [-0.05, 0) is 52.2 Å². The van der Waals surface area contributed by atoms with Crippen LogP contribution in [0.15, 0.2) is 22.8 Å². The standard InChI is InChI=1S/C17H23BrN4O2/c1-17(2,3)24-16(23)19-13-6-4-5-11(9-13)15-21-20-14-10-12(18)7-8-22(14)15/h7-8,10-11,13H,4-6,9H2,1-3H3,(H,19,23)/t11-,13+/m0/s1. The van der Waals surface area contributed by atoms with E-state index in [0.717, 1.165) is 41.6 Å². The molecule has 1 aliphatic rings. The lowest BCUT2D eigenvalue weighted by atomic mass is 9.85. The van der Waals surface area contributed by atoms with Gasteiger partial charge in [-0.15, -0.1) is 10.2 Å². The third kappa shape index (κ3) is 4.06. The maximum Gasteiger partial charge on any atom is 0.407 e. The number of nitrogens with one attached hydrogen (secondary N) is 1. The summed E-state index contributed by atoms with van der Waals surface area (Å²) in [5.74, 6) is 1.25. The summed E-state index contributed by atoms with van der Waals surface area (Å²) in [4.78, 5) is 12.0. The third-order valence-corrected chi connectivity index (χ3v) is 4.65. The first-order valence-electron chi connectivity index (χ1n) is 8.31. The number of hydrogen-bond donors (Lipinski definition) is 1. The summed E-state index contributed by atoms with van der Waals surface area (Å²) >= 11 is 3.46. The van der Waals surface area contributed by atoms with Crippen molar-refractivity contribution in [2.75, 3.05) is 0 Å². The molecule has 130 valence electrons. The highest BCUT2D eigenvalue weighted by Crippen LogP contribution is 2.32. The monoisotopic (exact) mass is 394 g/mol. The van der Waals surface area contributed by atoms with Crippen LogP contribution in [-0.2, 0) is 4.74 Å². The van der Waals surface area contributed by atoms with E-state index in [4.69, 9.17) is 4.74 Å². The van der Waals surface area contributed by atoms with E-state index in [1.54, 1.807) is 0 Å². The number of halogens is 1. The SMILES string of the molecule is CC(C)(C)OC(=O)N[C@@H]1CCC[C@H](c2nnc3cc(Br)ccn23)C1. The molecule has 1 amide bonds. The topological polar surface area (TPSA) is 68.5 Å². The second-order valence-corrected chi connectivity index (χ2v) is 8.25. The van der Waals surface area contributed by atoms with Crippen molar-refractivity contribution in [1.82, 2.24) is 19.9 Å². The summed E-state index contributed by atoms with van der Waals surface area (Å²) in [6, 6.07) is 4.05. The third-order valence-electron chi connectivity index (χ3n) is 4.16. The van der Waals surface area contributed by atoms with Crippen LogP contribution in [0.1, 0.15) is 58.2 Å². The Morgan fingerprint density at radius 2 is 2.17 bits per heavy atom. The van der Waals surface area contributed by atoms with Crippen LogP contribution in [0.4, 0.5) is 4.79 Å². The second-order valence-electron chi connectivity index (χ2n) is 7.34. The van der Waals surface area contributed by atoms with Gasteiger partial charge in [-0.2, -0.15) is 0 Å². The van der Waals surface area contributed by atoms with E-state index < -0.39 is 5.60 Å². The minimum atomic E-state index is -0.477. The van der Waals surface area contributed by atoms with Gasteiger partial charge in [-0.1, -0.05) is 22.4 Å². The Kier molecular flexibility index (Phi) is 4.80. The molecule has 2 aromatic heterocycles. The van der Waals surface area contributed by atoms with E-state index in [-0.39, 0.29) is 18.1 Å². The average molecular weight is 395 g/mol. The predicted molar refractivity (Wildman–Crippen MR) is 95.1 cm³/mol. The number of aromatic nitrogens is 3. The fourth-order valence-corrected chi connectivity index (χ4v) is 3.52. The summed E-state index contributed by atoms with van der Waals surface area (Å²) in [6.45, 7) is 5.62. The van der Waals surface area contributed by atoms with Crippen LogP contribution in [-0.4, -0.2) is 32.3 Å². The van der Waals surface area contributed by atoms with Gasteiger partial charge in [0.25, 0.3) is 0 Å². The first kappa shape index (κ1) is 17.2. The Hall–Kier alpha value is -1.63. The van der Waals surface area contributed by atoms with Gasteiger partial charge in [0.15, 0.2) is 5.65 Å². The lowest BCUT2D eigenvalue weighted by Crippen LogP contribution is -2.41. The second kappa shape index (κ2) is 6.70. The van der Waals surface area contributed by atoms with Crippen molar-refractivity contribution in [2.24, 2.45) is 0 Å². The van der Waals surface area contributed by atoms with E-state index in [1.165, 1.54) is 0 Å². The zero-order valence-corrected chi connectivity index (χ0v) is 15.8. The minimum Gasteiger partial charge on any atom is -0.444 e. The zero-order valence-electron chi connectivity index (χ0n) is 14.3. The Labute approximate surface area is 150 Å². The molecule has 1 fully saturated rings. The van der Waals surface area contributed by atoms with Crippen LogP contribution < -0.4 is 5.32 Å². The molecule has 6 nitrogen and oxygen atoms in total. The van der Waals surface area contributed by atoms with Gasteiger partial charge in [-0.25, -0.2) is 4.79 Å². The van der Waals surface area contributed by atoms with Crippen molar-refractivity contribution < 1.29 is 9.53 Å². The van der Waals surface area contributed by atoms with Crippen molar-refractivity contribution in [3.8, 4) is 0 Å². The maximum absolute atomic E-state index is 12.0. The van der Waals surface area contributed by atoms with Gasteiger partial charge >= 0.3 is 6.09 Å². The molecule has 2 heterocycles. The van der Waals surface area contributed by atoms with E-state index in [2.05, 4.69) is 31.4 Å². The van der Waals surface area contributed by atoms with Gasteiger partial charge in [0.2, 0.25) is 0 Å². The van der Waals surface area contributed by atoms with Crippen LogP contribution in [0.3, 0.4) is 0 Å². The highest BCUT2D eigenvalue weighted by Gasteiger charge is 2.28. The lowest BCUT2D eigenvalue weighted by molar-refractivity contribution is 0.0490. The summed E-state index contributed by atoms with van der Waals surface area (Å²) in [5, 5.41) is 11.6. The fourth-order valence-electron chi connectivity index (χ4n) is 3.19. The first-order valence-corrected chi connectivity index (χ1v) is 9.11. The maximum atomic E-state index is 12.0. The van der Waals surface area contributed by atoms with Gasteiger partial charge in [0.1, 0.15) is 11.4 Å². The predicted octanol–water partition coefficient (Wildman–Crippen LogP) is 4.04. The zero-order chi connectivity index (χ0) is 17.3. The van der Waals surface area contributed by atoms with Crippen LogP contribution in [0.5, 0.6) is 0 Å². The molecule has 1 N–H and O–H groups in total. The summed E-state index contributed by atoms with van der Waals surface area (Å²) in [6.07, 6.45) is 5.58. The van der Waals surface area contributed by atoms with Crippen LogP contribution in [0, 0.1) is 0 Å². The van der Waals surface area contributed by atoms with E-state index in [1.807, 2.05) is 43.5 Å². The molecule has 0 saturated heterocycles. The Morgan fingerprint density at radius 3 is 2.92 bits per heavy atom. The van der Waals surface area contributed by atoms with Crippen molar-refractivity contribution in [1.29, 1.82) is 0 Å². The molecule has 7 heteroatoms. The van der Waals surface area contributed by atoms with Crippen molar-refractivity contribution >= 4 is 27.7 Å². The molecule has 0 aromatic carbocycles. The van der Waals surface area contributed by atoms with Crippen LogP contribution >= 0.6 is 15.9 Å². The first-order chi connectivity index (χ1) is 11.3. The van der Waals surface area contributed by atoms with Crippen molar-refractivity contribution in [2.45, 2.75) is 64.0 Å². The number of carbonyl (C=O) groups excluding carboxylic acids is 1. The van der Waals surface area contributed by atoms with Crippen LogP contribution in [0.2, 0.25) is 0 Å². The molecule has 0 spiro atoms. The van der Waals surface area contributed by atoms with Crippen LogP contribution in [0.25, 0.3) is 5.65 Å². The Morgan fingerprint density at radius 1 is 1.38 bits per heavy atom. The number of pyridine rings is 1. The number of carbonyl (C=O) groups is 1. The molecule has 0 radical (unpaired) electrons. The molecular weight excluding hydrogens is 372 g/mol. The number of amides is 1. The molecule has 2 atom stereocenters. The molecule has 3 rings (SSSR count). The van der Waals surface area contributed by atoms with Gasteiger partial charge in [0.05, 0.1) is 0 Å². The number of rotatable bonds is 2. The number of fused-ring (bicyclic) bond motifs is 1. The highest BCUT2D eigenvalue weighted by atomic mass is 79.9.